The van der Waals surface area contributed by atoms with Crippen molar-refractivity contribution < 1.29 is 14.2 Å². The Balaban J connectivity index is 1.38. The minimum atomic E-state index is -0.456. The highest BCUT2D eigenvalue weighted by Gasteiger charge is 2.33. The minimum Gasteiger partial charge on any atom is -0.506 e. The topological polar surface area (TPSA) is 94.6 Å². The molecule has 1 aliphatic carbocycles. The van der Waals surface area contributed by atoms with E-state index in [0.717, 1.165) is 37.9 Å². The first-order chi connectivity index (χ1) is 17.4. The first kappa shape index (κ1) is 24.1. The SMILES string of the molecule is CN(c1cc(=O)n(C)c2ccc(C#N)nc12)C1CCC(N(CC2COC2)c2ccc(F)cc2O)CC1. The highest BCUT2D eigenvalue weighted by atomic mass is 19.1. The number of halogens is 1. The van der Waals surface area contributed by atoms with Gasteiger partial charge in [-0.05, 0) is 49.9 Å². The van der Waals surface area contributed by atoms with Gasteiger partial charge < -0.3 is 24.2 Å². The maximum Gasteiger partial charge on any atom is 0.252 e. The number of hydrogen-bond acceptors (Lipinski definition) is 7. The van der Waals surface area contributed by atoms with Crippen molar-refractivity contribution in [2.45, 2.75) is 37.8 Å². The van der Waals surface area contributed by atoms with E-state index < -0.39 is 5.82 Å². The van der Waals surface area contributed by atoms with Gasteiger partial charge in [-0.2, -0.15) is 5.26 Å². The van der Waals surface area contributed by atoms with Crippen LogP contribution in [0.3, 0.4) is 0 Å². The van der Waals surface area contributed by atoms with Crippen LogP contribution in [0.15, 0.2) is 41.2 Å². The predicted octanol–water partition coefficient (Wildman–Crippen LogP) is 3.55. The summed E-state index contributed by atoms with van der Waals surface area (Å²) in [5, 5.41) is 19.8. The molecular weight excluding hydrogens is 461 g/mol. The number of ether oxygens (including phenoxy) is 1. The first-order valence-corrected chi connectivity index (χ1v) is 12.3. The lowest BCUT2D eigenvalue weighted by molar-refractivity contribution is -0.0286. The Kier molecular flexibility index (Phi) is 6.54. The van der Waals surface area contributed by atoms with Gasteiger partial charge in [-0.1, -0.05) is 0 Å². The van der Waals surface area contributed by atoms with Crippen LogP contribution in [0.2, 0.25) is 0 Å². The summed E-state index contributed by atoms with van der Waals surface area (Å²) in [5.74, 6) is -0.106. The Morgan fingerprint density at radius 1 is 1.14 bits per heavy atom. The Bertz CT molecular complexity index is 1370. The zero-order valence-electron chi connectivity index (χ0n) is 20.5. The van der Waals surface area contributed by atoms with Gasteiger partial charge in [0, 0.05) is 50.8 Å². The summed E-state index contributed by atoms with van der Waals surface area (Å²) in [7, 11) is 3.69. The third-order valence-corrected chi connectivity index (χ3v) is 7.63. The maximum absolute atomic E-state index is 13.7. The number of aryl methyl sites for hydroxylation is 1. The number of benzene rings is 1. The van der Waals surface area contributed by atoms with E-state index in [1.807, 2.05) is 7.05 Å². The van der Waals surface area contributed by atoms with Gasteiger partial charge in [0.1, 0.15) is 28.8 Å². The molecule has 2 fully saturated rings. The fourth-order valence-corrected chi connectivity index (χ4v) is 5.45. The van der Waals surface area contributed by atoms with E-state index in [0.29, 0.717) is 41.5 Å². The largest absolute Gasteiger partial charge is 0.506 e. The van der Waals surface area contributed by atoms with Crippen molar-refractivity contribution in [2.75, 3.05) is 36.6 Å². The molecule has 3 aromatic rings. The van der Waals surface area contributed by atoms with E-state index >= 15 is 0 Å². The van der Waals surface area contributed by atoms with Crippen LogP contribution >= 0.6 is 0 Å². The third-order valence-electron chi connectivity index (χ3n) is 7.63. The van der Waals surface area contributed by atoms with Crippen molar-refractivity contribution >= 4 is 22.4 Å². The number of nitrogens with zero attached hydrogens (tertiary/aromatic N) is 5. The molecule has 0 atom stereocenters. The number of fused-ring (bicyclic) bond motifs is 1. The highest BCUT2D eigenvalue weighted by Crippen LogP contribution is 2.37. The minimum absolute atomic E-state index is 0.0412. The Morgan fingerprint density at radius 3 is 2.50 bits per heavy atom. The predicted molar refractivity (Wildman–Crippen MR) is 136 cm³/mol. The van der Waals surface area contributed by atoms with Crippen LogP contribution in [0.25, 0.3) is 11.0 Å². The van der Waals surface area contributed by atoms with Gasteiger partial charge in [0.2, 0.25) is 0 Å². The van der Waals surface area contributed by atoms with Crippen LogP contribution in [0.1, 0.15) is 31.4 Å². The summed E-state index contributed by atoms with van der Waals surface area (Å²) < 4.78 is 20.6. The lowest BCUT2D eigenvalue weighted by Gasteiger charge is -2.43. The molecule has 0 radical (unpaired) electrons. The molecule has 36 heavy (non-hydrogen) atoms. The number of anilines is 2. The van der Waals surface area contributed by atoms with Crippen LogP contribution < -0.4 is 15.4 Å². The Hall–Kier alpha value is -3.64. The van der Waals surface area contributed by atoms with Crippen LogP contribution in [0.4, 0.5) is 15.8 Å². The zero-order chi connectivity index (χ0) is 25.4. The second kappa shape index (κ2) is 9.78. The standard InChI is InChI=1S/C27H30FN5O3/c1-31(24-12-26(35)32(2)23-10-4-19(13-29)30-27(23)24)20-5-7-21(8-6-20)33(14-17-15-36-16-17)22-9-3-18(28)11-25(22)34/h3-4,9-12,17,20-21,34H,5-8,14-16H2,1-2H3. The molecule has 188 valence electrons. The molecule has 2 aliphatic rings. The van der Waals surface area contributed by atoms with Gasteiger partial charge >= 0.3 is 0 Å². The third kappa shape index (κ3) is 4.49. The van der Waals surface area contributed by atoms with Crippen molar-refractivity contribution in [3.8, 4) is 11.8 Å². The number of aromatic nitrogens is 2. The van der Waals surface area contributed by atoms with Gasteiger partial charge in [0.25, 0.3) is 5.56 Å². The fourth-order valence-electron chi connectivity index (χ4n) is 5.45. The van der Waals surface area contributed by atoms with Crippen molar-refractivity contribution in [3.05, 3.63) is 58.3 Å². The molecule has 1 saturated carbocycles. The second-order valence-electron chi connectivity index (χ2n) is 9.86. The number of nitriles is 1. The van der Waals surface area contributed by atoms with Crippen molar-refractivity contribution in [1.29, 1.82) is 5.26 Å². The van der Waals surface area contributed by atoms with Gasteiger partial charge in [-0.25, -0.2) is 9.37 Å². The lowest BCUT2D eigenvalue weighted by atomic mass is 9.88. The molecule has 1 saturated heterocycles. The summed E-state index contributed by atoms with van der Waals surface area (Å²) >= 11 is 0. The summed E-state index contributed by atoms with van der Waals surface area (Å²) in [6.45, 7) is 2.15. The van der Waals surface area contributed by atoms with E-state index in [1.165, 1.54) is 12.1 Å². The molecule has 0 bridgehead atoms. The quantitative estimate of drug-likeness (QED) is 0.564. The average molecular weight is 492 g/mol. The molecule has 0 spiro atoms. The Labute approximate surface area is 209 Å². The van der Waals surface area contributed by atoms with Crippen LogP contribution in [0.5, 0.6) is 5.75 Å². The number of hydrogen-bond donors (Lipinski definition) is 1. The van der Waals surface area contributed by atoms with E-state index in [1.54, 1.807) is 35.9 Å². The van der Waals surface area contributed by atoms with Crippen LogP contribution in [0, 0.1) is 23.1 Å². The zero-order valence-corrected chi connectivity index (χ0v) is 20.5. The highest BCUT2D eigenvalue weighted by molar-refractivity contribution is 5.88. The number of phenols is 1. The van der Waals surface area contributed by atoms with Gasteiger partial charge in [-0.3, -0.25) is 4.79 Å². The van der Waals surface area contributed by atoms with Crippen molar-refractivity contribution in [2.24, 2.45) is 13.0 Å². The maximum atomic E-state index is 13.7. The van der Waals surface area contributed by atoms with Gasteiger partial charge in [0.05, 0.1) is 30.1 Å². The number of aromatic hydroxyl groups is 1. The molecule has 1 N–H and O–H groups in total. The molecule has 2 aromatic heterocycles. The summed E-state index contributed by atoms with van der Waals surface area (Å²) in [6.07, 6.45) is 3.54. The number of pyridine rings is 2. The molecule has 0 amide bonds. The smallest absolute Gasteiger partial charge is 0.252 e. The van der Waals surface area contributed by atoms with E-state index in [9.17, 15) is 19.6 Å². The molecule has 9 heteroatoms. The van der Waals surface area contributed by atoms with E-state index in [-0.39, 0.29) is 23.4 Å². The van der Waals surface area contributed by atoms with Crippen molar-refractivity contribution in [3.63, 3.8) is 0 Å². The normalized spacial score (nSPS) is 20.1. The molecule has 8 nitrogen and oxygen atoms in total. The molecule has 1 aliphatic heterocycles. The molecular formula is C27H30FN5O3. The first-order valence-electron chi connectivity index (χ1n) is 12.3. The molecule has 5 rings (SSSR count). The van der Waals surface area contributed by atoms with Gasteiger partial charge in [0.15, 0.2) is 0 Å². The van der Waals surface area contributed by atoms with Gasteiger partial charge in [-0.15, -0.1) is 0 Å². The van der Waals surface area contributed by atoms with Crippen molar-refractivity contribution in [1.82, 2.24) is 9.55 Å². The summed E-state index contributed by atoms with van der Waals surface area (Å²) in [4.78, 5) is 21.5. The lowest BCUT2D eigenvalue weighted by Crippen LogP contribution is -2.48. The van der Waals surface area contributed by atoms with E-state index in [2.05, 4.69) is 20.9 Å². The monoisotopic (exact) mass is 491 g/mol. The Morgan fingerprint density at radius 2 is 1.86 bits per heavy atom. The van der Waals surface area contributed by atoms with Crippen LogP contribution in [-0.2, 0) is 11.8 Å². The molecule has 1 aromatic carbocycles. The second-order valence-corrected chi connectivity index (χ2v) is 9.86. The van der Waals surface area contributed by atoms with E-state index in [4.69, 9.17) is 4.74 Å². The summed E-state index contributed by atoms with van der Waals surface area (Å²) in [6, 6.07) is 11.7. The summed E-state index contributed by atoms with van der Waals surface area (Å²) in [5.41, 5.74) is 2.92. The fraction of sp³-hybridized carbons (Fsp3) is 0.444. The molecule has 0 unspecified atom stereocenters. The van der Waals surface area contributed by atoms with Crippen LogP contribution in [-0.4, -0.2) is 53.5 Å². The average Bonchev–Trinajstić information content (AvgIpc) is 2.86. The number of phenolic OH excluding ortho intramolecular Hbond substituents is 1. The number of rotatable bonds is 6. The molecule has 3 heterocycles.